The van der Waals surface area contributed by atoms with E-state index in [2.05, 4.69) is 35.0 Å². The Hall–Kier alpha value is -1.49. The maximum atomic E-state index is 5.03. The SMILES string of the molecule is COc1c[c]nc(-c2nc(C(C)C)cs2)n1. The summed E-state index contributed by atoms with van der Waals surface area (Å²) in [7, 11) is 1.57. The first-order valence-electron chi connectivity index (χ1n) is 4.95. The van der Waals surface area contributed by atoms with Crippen molar-refractivity contribution >= 4 is 11.3 Å². The van der Waals surface area contributed by atoms with E-state index in [4.69, 9.17) is 4.74 Å². The van der Waals surface area contributed by atoms with E-state index < -0.39 is 0 Å². The molecule has 0 spiro atoms. The van der Waals surface area contributed by atoms with Gasteiger partial charge in [-0.3, -0.25) is 0 Å². The molecule has 0 amide bonds. The second-order valence-corrected chi connectivity index (χ2v) is 4.45. The zero-order valence-corrected chi connectivity index (χ0v) is 10.2. The summed E-state index contributed by atoms with van der Waals surface area (Å²) < 4.78 is 5.03. The summed E-state index contributed by atoms with van der Waals surface area (Å²) in [5, 5.41) is 2.84. The fourth-order valence-corrected chi connectivity index (χ4v) is 2.08. The predicted octanol–water partition coefficient (Wildman–Crippen LogP) is 2.53. The molecule has 83 valence electrons. The molecule has 4 nitrogen and oxygen atoms in total. The van der Waals surface area contributed by atoms with Gasteiger partial charge in [0.2, 0.25) is 5.88 Å². The highest BCUT2D eigenvalue weighted by Crippen LogP contribution is 2.24. The number of rotatable bonds is 3. The Morgan fingerprint density at radius 3 is 2.81 bits per heavy atom. The lowest BCUT2D eigenvalue weighted by molar-refractivity contribution is 0.397. The molecule has 0 bridgehead atoms. The van der Waals surface area contributed by atoms with E-state index >= 15 is 0 Å². The summed E-state index contributed by atoms with van der Waals surface area (Å²) >= 11 is 1.54. The van der Waals surface area contributed by atoms with E-state index in [0.717, 1.165) is 10.7 Å². The van der Waals surface area contributed by atoms with Crippen molar-refractivity contribution in [2.24, 2.45) is 0 Å². The van der Waals surface area contributed by atoms with Crippen molar-refractivity contribution in [3.05, 3.63) is 23.3 Å². The van der Waals surface area contributed by atoms with Crippen molar-refractivity contribution < 1.29 is 4.74 Å². The van der Waals surface area contributed by atoms with Gasteiger partial charge in [0, 0.05) is 11.4 Å². The minimum absolute atomic E-state index is 0.416. The fourth-order valence-electron chi connectivity index (χ4n) is 1.16. The molecule has 1 radical (unpaired) electrons. The van der Waals surface area contributed by atoms with Crippen LogP contribution in [-0.4, -0.2) is 22.1 Å². The Bertz CT molecular complexity index is 482. The van der Waals surface area contributed by atoms with Crippen LogP contribution in [0, 0.1) is 6.20 Å². The van der Waals surface area contributed by atoms with E-state index in [1.807, 2.05) is 5.38 Å². The van der Waals surface area contributed by atoms with Crippen molar-refractivity contribution in [1.82, 2.24) is 15.0 Å². The molecular weight excluding hydrogens is 222 g/mol. The third-order valence-electron chi connectivity index (χ3n) is 2.09. The molecule has 0 aromatic carbocycles. The van der Waals surface area contributed by atoms with Crippen molar-refractivity contribution in [3.8, 4) is 16.7 Å². The molecule has 2 aromatic heterocycles. The smallest absolute Gasteiger partial charge is 0.217 e. The first-order valence-corrected chi connectivity index (χ1v) is 5.83. The minimum Gasteiger partial charge on any atom is -0.481 e. The molecule has 0 saturated heterocycles. The van der Waals surface area contributed by atoms with E-state index in [-0.39, 0.29) is 0 Å². The summed E-state index contributed by atoms with van der Waals surface area (Å²) in [6.07, 6.45) is 2.75. The molecule has 0 aliphatic carbocycles. The Morgan fingerprint density at radius 2 is 2.19 bits per heavy atom. The van der Waals surface area contributed by atoms with E-state index in [0.29, 0.717) is 17.6 Å². The lowest BCUT2D eigenvalue weighted by Gasteiger charge is -1.99. The lowest BCUT2D eigenvalue weighted by atomic mass is 10.2. The molecule has 2 rings (SSSR count). The van der Waals surface area contributed by atoms with Gasteiger partial charge in [0.15, 0.2) is 10.8 Å². The van der Waals surface area contributed by atoms with Crippen LogP contribution < -0.4 is 4.74 Å². The average molecular weight is 234 g/mol. The molecule has 0 unspecified atom stereocenters. The number of hydrogen-bond donors (Lipinski definition) is 0. The third-order valence-corrected chi connectivity index (χ3v) is 2.94. The van der Waals surface area contributed by atoms with Crippen molar-refractivity contribution in [2.45, 2.75) is 19.8 Å². The van der Waals surface area contributed by atoms with Gasteiger partial charge in [-0.15, -0.1) is 11.3 Å². The number of thiazole rings is 1. The molecule has 2 heterocycles. The lowest BCUT2D eigenvalue weighted by Crippen LogP contribution is -1.93. The van der Waals surface area contributed by atoms with Gasteiger partial charge in [-0.1, -0.05) is 13.8 Å². The number of nitrogens with zero attached hydrogens (tertiary/aromatic N) is 3. The molecule has 5 heteroatoms. The Morgan fingerprint density at radius 1 is 1.38 bits per heavy atom. The van der Waals surface area contributed by atoms with Gasteiger partial charge in [0.25, 0.3) is 0 Å². The highest BCUT2D eigenvalue weighted by Gasteiger charge is 2.10. The summed E-state index contributed by atoms with van der Waals surface area (Å²) in [6.45, 7) is 4.22. The zero-order valence-electron chi connectivity index (χ0n) is 9.39. The standard InChI is InChI=1S/C11H12N3OS/c1-7(2)8-6-16-11(13-8)10-12-5-4-9(14-10)15-3/h4,6-7H,1-3H3. The van der Waals surface area contributed by atoms with Crippen LogP contribution in [0.4, 0.5) is 0 Å². The maximum absolute atomic E-state index is 5.03. The van der Waals surface area contributed by atoms with Gasteiger partial charge in [-0.25, -0.2) is 9.97 Å². The van der Waals surface area contributed by atoms with Crippen LogP contribution >= 0.6 is 11.3 Å². The molecular formula is C11H12N3OS. The third kappa shape index (κ3) is 2.19. The number of methoxy groups -OCH3 is 1. The second kappa shape index (κ2) is 4.57. The quantitative estimate of drug-likeness (QED) is 0.818. The molecule has 0 fully saturated rings. The highest BCUT2D eigenvalue weighted by molar-refractivity contribution is 7.13. The van der Waals surface area contributed by atoms with Crippen molar-refractivity contribution in [3.63, 3.8) is 0 Å². The Labute approximate surface area is 98.4 Å². The van der Waals surface area contributed by atoms with Crippen LogP contribution in [0.5, 0.6) is 5.88 Å². The minimum atomic E-state index is 0.416. The monoisotopic (exact) mass is 234 g/mol. The second-order valence-electron chi connectivity index (χ2n) is 3.60. The first kappa shape index (κ1) is 11.0. The van der Waals surface area contributed by atoms with Crippen molar-refractivity contribution in [1.29, 1.82) is 0 Å². The van der Waals surface area contributed by atoms with Crippen LogP contribution in [0.3, 0.4) is 0 Å². The van der Waals surface area contributed by atoms with Crippen molar-refractivity contribution in [2.75, 3.05) is 7.11 Å². The van der Waals surface area contributed by atoms with Gasteiger partial charge in [-0.2, -0.15) is 4.98 Å². The van der Waals surface area contributed by atoms with E-state index in [1.54, 1.807) is 13.2 Å². The highest BCUT2D eigenvalue weighted by atomic mass is 32.1. The van der Waals surface area contributed by atoms with E-state index in [1.165, 1.54) is 11.3 Å². The Balaban J connectivity index is 2.34. The predicted molar refractivity (Wildman–Crippen MR) is 62.6 cm³/mol. The van der Waals surface area contributed by atoms with Crippen LogP contribution in [0.2, 0.25) is 0 Å². The van der Waals surface area contributed by atoms with Crippen LogP contribution in [0.25, 0.3) is 10.8 Å². The van der Waals surface area contributed by atoms with Gasteiger partial charge in [0.05, 0.1) is 19.0 Å². The van der Waals surface area contributed by atoms with Crippen LogP contribution in [0.1, 0.15) is 25.5 Å². The summed E-state index contributed by atoms with van der Waals surface area (Å²) in [6, 6.07) is 1.60. The topological polar surface area (TPSA) is 47.9 Å². The van der Waals surface area contributed by atoms with E-state index in [9.17, 15) is 0 Å². The van der Waals surface area contributed by atoms with Crippen LogP contribution in [0.15, 0.2) is 11.4 Å². The maximum Gasteiger partial charge on any atom is 0.217 e. The number of hydrogen-bond acceptors (Lipinski definition) is 5. The fraction of sp³-hybridized carbons (Fsp3) is 0.364. The number of ether oxygens (including phenoxy) is 1. The largest absolute Gasteiger partial charge is 0.481 e. The number of aromatic nitrogens is 3. The van der Waals surface area contributed by atoms with Gasteiger partial charge in [0.1, 0.15) is 0 Å². The normalized spacial score (nSPS) is 10.8. The van der Waals surface area contributed by atoms with Gasteiger partial charge < -0.3 is 4.74 Å². The van der Waals surface area contributed by atoms with Crippen LogP contribution in [-0.2, 0) is 0 Å². The molecule has 16 heavy (non-hydrogen) atoms. The molecule has 0 atom stereocenters. The summed E-state index contributed by atoms with van der Waals surface area (Å²) in [5.74, 6) is 1.49. The summed E-state index contributed by atoms with van der Waals surface area (Å²) in [4.78, 5) is 12.8. The Kier molecular flexibility index (Phi) is 3.14. The average Bonchev–Trinajstić information content (AvgIpc) is 2.78. The summed E-state index contributed by atoms with van der Waals surface area (Å²) in [5.41, 5.74) is 1.06. The molecule has 0 aliphatic rings. The van der Waals surface area contributed by atoms with Gasteiger partial charge in [-0.05, 0) is 5.92 Å². The zero-order chi connectivity index (χ0) is 11.5. The molecule has 0 aliphatic heterocycles. The van der Waals surface area contributed by atoms with Gasteiger partial charge >= 0.3 is 0 Å². The molecule has 0 saturated carbocycles. The molecule has 0 N–H and O–H groups in total. The molecule has 2 aromatic rings. The first-order chi connectivity index (χ1) is 7.70.